The Morgan fingerprint density at radius 1 is 1.26 bits per heavy atom. The SMILES string of the molecule is CC(=O)c1ccc(NC(=O)CSC(=S)N(C)C)cc1. The van der Waals surface area contributed by atoms with Gasteiger partial charge in [0, 0.05) is 25.3 Å². The number of thiocarbonyl (C=S) groups is 1. The molecule has 1 aromatic carbocycles. The Labute approximate surface area is 122 Å². The van der Waals surface area contributed by atoms with Crippen LogP contribution in [0.25, 0.3) is 0 Å². The topological polar surface area (TPSA) is 49.4 Å². The first-order chi connectivity index (χ1) is 8.90. The highest BCUT2D eigenvalue weighted by atomic mass is 32.2. The molecular weight excluding hydrogens is 280 g/mol. The van der Waals surface area contributed by atoms with Gasteiger partial charge in [-0.25, -0.2) is 0 Å². The van der Waals surface area contributed by atoms with Gasteiger partial charge < -0.3 is 10.2 Å². The number of thioether (sulfide) groups is 1. The van der Waals surface area contributed by atoms with Crippen molar-refractivity contribution in [3.05, 3.63) is 29.8 Å². The summed E-state index contributed by atoms with van der Waals surface area (Å²) in [7, 11) is 3.68. The van der Waals surface area contributed by atoms with Gasteiger partial charge in [0.2, 0.25) is 5.91 Å². The normalized spacial score (nSPS) is 9.84. The lowest BCUT2D eigenvalue weighted by Gasteiger charge is -2.12. The maximum absolute atomic E-state index is 11.7. The number of hydrogen-bond acceptors (Lipinski definition) is 4. The van der Waals surface area contributed by atoms with Crippen molar-refractivity contribution in [3.63, 3.8) is 0 Å². The van der Waals surface area contributed by atoms with E-state index in [1.165, 1.54) is 18.7 Å². The lowest BCUT2D eigenvalue weighted by molar-refractivity contribution is -0.113. The Bertz CT molecular complexity index is 484. The van der Waals surface area contributed by atoms with E-state index in [2.05, 4.69) is 5.32 Å². The largest absolute Gasteiger partial charge is 0.364 e. The minimum atomic E-state index is -0.121. The molecule has 0 saturated heterocycles. The summed E-state index contributed by atoms with van der Waals surface area (Å²) < 4.78 is 0.669. The zero-order valence-electron chi connectivity index (χ0n) is 11.1. The zero-order chi connectivity index (χ0) is 14.4. The lowest BCUT2D eigenvalue weighted by atomic mass is 10.1. The van der Waals surface area contributed by atoms with E-state index in [1.807, 2.05) is 14.1 Å². The number of anilines is 1. The second kappa shape index (κ2) is 7.25. The third-order valence-electron chi connectivity index (χ3n) is 2.27. The van der Waals surface area contributed by atoms with E-state index in [9.17, 15) is 9.59 Å². The molecule has 1 rings (SSSR count). The van der Waals surface area contributed by atoms with Gasteiger partial charge in [0.05, 0.1) is 5.75 Å². The van der Waals surface area contributed by atoms with Gasteiger partial charge in [-0.1, -0.05) is 24.0 Å². The van der Waals surface area contributed by atoms with Gasteiger partial charge in [0.25, 0.3) is 0 Å². The highest BCUT2D eigenvalue weighted by Gasteiger charge is 2.07. The molecule has 4 nitrogen and oxygen atoms in total. The number of ketones is 1. The van der Waals surface area contributed by atoms with E-state index in [1.54, 1.807) is 29.2 Å². The first-order valence-corrected chi connectivity index (χ1v) is 7.04. The number of rotatable bonds is 4. The van der Waals surface area contributed by atoms with E-state index >= 15 is 0 Å². The molecule has 102 valence electrons. The van der Waals surface area contributed by atoms with E-state index in [0.29, 0.717) is 15.6 Å². The van der Waals surface area contributed by atoms with Crippen LogP contribution >= 0.6 is 24.0 Å². The number of nitrogens with one attached hydrogen (secondary N) is 1. The molecular formula is C13H16N2O2S2. The zero-order valence-corrected chi connectivity index (χ0v) is 12.7. The molecule has 1 N–H and O–H groups in total. The summed E-state index contributed by atoms with van der Waals surface area (Å²) in [5.41, 5.74) is 1.30. The monoisotopic (exact) mass is 296 g/mol. The summed E-state index contributed by atoms with van der Waals surface area (Å²) in [5.74, 6) is 0.153. The Morgan fingerprint density at radius 3 is 2.32 bits per heavy atom. The van der Waals surface area contributed by atoms with Crippen molar-refractivity contribution >= 4 is 45.7 Å². The molecule has 0 saturated carbocycles. The van der Waals surface area contributed by atoms with Crippen molar-refractivity contribution in [2.24, 2.45) is 0 Å². The maximum Gasteiger partial charge on any atom is 0.234 e. The number of carbonyl (C=O) groups excluding carboxylic acids is 2. The quantitative estimate of drug-likeness (QED) is 0.683. The molecule has 0 aliphatic heterocycles. The second-order valence-electron chi connectivity index (χ2n) is 4.13. The average Bonchev–Trinajstić information content (AvgIpc) is 2.36. The molecule has 0 heterocycles. The van der Waals surface area contributed by atoms with Crippen LogP contribution < -0.4 is 5.32 Å². The molecule has 0 fully saturated rings. The van der Waals surface area contributed by atoms with Crippen molar-refractivity contribution < 1.29 is 9.59 Å². The van der Waals surface area contributed by atoms with Gasteiger partial charge in [0.15, 0.2) is 5.78 Å². The van der Waals surface area contributed by atoms with Crippen molar-refractivity contribution in [1.82, 2.24) is 4.90 Å². The van der Waals surface area contributed by atoms with Crippen LogP contribution in [0, 0.1) is 0 Å². The van der Waals surface area contributed by atoms with E-state index in [4.69, 9.17) is 12.2 Å². The third-order valence-corrected chi connectivity index (χ3v) is 4.00. The Kier molecular flexibility index (Phi) is 5.98. The fraction of sp³-hybridized carbons (Fsp3) is 0.308. The summed E-state index contributed by atoms with van der Waals surface area (Å²) in [6.07, 6.45) is 0. The van der Waals surface area contributed by atoms with E-state index in [0.717, 1.165) is 0 Å². The van der Waals surface area contributed by atoms with Gasteiger partial charge in [-0.15, -0.1) is 0 Å². The number of amides is 1. The van der Waals surface area contributed by atoms with Crippen LogP contribution in [0.2, 0.25) is 0 Å². The molecule has 0 aromatic heterocycles. The predicted molar refractivity (Wildman–Crippen MR) is 83.8 cm³/mol. The number of Topliss-reactive ketones (excluding diaryl/α,β-unsaturated/α-hetero) is 1. The maximum atomic E-state index is 11.7. The van der Waals surface area contributed by atoms with Crippen LogP contribution in [-0.4, -0.2) is 40.8 Å². The summed E-state index contributed by atoms with van der Waals surface area (Å²) in [5, 5.41) is 2.75. The van der Waals surface area contributed by atoms with Crippen LogP contribution in [0.1, 0.15) is 17.3 Å². The molecule has 0 aliphatic carbocycles. The summed E-state index contributed by atoms with van der Waals surface area (Å²) in [4.78, 5) is 24.6. The molecule has 0 unspecified atom stereocenters. The van der Waals surface area contributed by atoms with Crippen molar-refractivity contribution in [2.75, 3.05) is 25.2 Å². The van der Waals surface area contributed by atoms with Crippen LogP contribution in [0.15, 0.2) is 24.3 Å². The second-order valence-corrected chi connectivity index (χ2v) is 5.74. The van der Waals surface area contributed by atoms with Gasteiger partial charge >= 0.3 is 0 Å². The number of carbonyl (C=O) groups is 2. The van der Waals surface area contributed by atoms with Gasteiger partial charge in [-0.3, -0.25) is 9.59 Å². The molecule has 19 heavy (non-hydrogen) atoms. The molecule has 0 spiro atoms. The van der Waals surface area contributed by atoms with Crippen LogP contribution in [-0.2, 0) is 4.79 Å². The van der Waals surface area contributed by atoms with Gasteiger partial charge in [-0.2, -0.15) is 0 Å². The summed E-state index contributed by atoms with van der Waals surface area (Å²) >= 11 is 6.39. The van der Waals surface area contributed by atoms with Crippen LogP contribution in [0.3, 0.4) is 0 Å². The smallest absolute Gasteiger partial charge is 0.234 e. The minimum absolute atomic E-state index is 0.00441. The van der Waals surface area contributed by atoms with E-state index < -0.39 is 0 Å². The molecule has 0 bridgehead atoms. The predicted octanol–water partition coefficient (Wildman–Crippen LogP) is 2.41. The molecule has 1 aromatic rings. The Morgan fingerprint density at radius 2 is 1.84 bits per heavy atom. The summed E-state index contributed by atoms with van der Waals surface area (Å²) in [6, 6.07) is 6.80. The lowest BCUT2D eigenvalue weighted by Crippen LogP contribution is -2.20. The standard InChI is InChI=1S/C13H16N2O2S2/c1-9(16)10-4-6-11(7-5-10)14-12(17)8-19-13(18)15(2)3/h4-7H,8H2,1-3H3,(H,14,17). The highest BCUT2D eigenvalue weighted by molar-refractivity contribution is 8.23. The molecule has 0 atom stereocenters. The minimum Gasteiger partial charge on any atom is -0.364 e. The highest BCUT2D eigenvalue weighted by Crippen LogP contribution is 2.12. The average molecular weight is 296 g/mol. The van der Waals surface area contributed by atoms with Gasteiger partial charge in [-0.05, 0) is 31.2 Å². The fourth-order valence-corrected chi connectivity index (χ4v) is 2.00. The Balaban J connectivity index is 2.48. The molecule has 0 aliphatic rings. The number of benzene rings is 1. The fourth-order valence-electron chi connectivity index (χ4n) is 1.24. The molecule has 6 heteroatoms. The number of nitrogens with zero attached hydrogens (tertiary/aromatic N) is 1. The van der Waals surface area contributed by atoms with Crippen molar-refractivity contribution in [2.45, 2.75) is 6.92 Å². The number of hydrogen-bond donors (Lipinski definition) is 1. The first-order valence-electron chi connectivity index (χ1n) is 5.65. The molecule has 1 amide bonds. The van der Waals surface area contributed by atoms with Gasteiger partial charge in [0.1, 0.15) is 4.32 Å². The Hall–Kier alpha value is -1.40. The van der Waals surface area contributed by atoms with Crippen LogP contribution in [0.5, 0.6) is 0 Å². The van der Waals surface area contributed by atoms with E-state index in [-0.39, 0.29) is 17.4 Å². The first kappa shape index (κ1) is 15.7. The van der Waals surface area contributed by atoms with Crippen molar-refractivity contribution in [3.8, 4) is 0 Å². The van der Waals surface area contributed by atoms with Crippen molar-refractivity contribution in [1.29, 1.82) is 0 Å². The summed E-state index contributed by atoms with van der Waals surface area (Å²) in [6.45, 7) is 1.51. The molecule has 0 radical (unpaired) electrons. The third kappa shape index (κ3) is 5.40. The van der Waals surface area contributed by atoms with Crippen LogP contribution in [0.4, 0.5) is 5.69 Å².